The van der Waals surface area contributed by atoms with Crippen LogP contribution >= 0.6 is 22.9 Å². The van der Waals surface area contributed by atoms with Gasteiger partial charge in [0.05, 0.1) is 36.3 Å². The third-order valence-electron chi connectivity index (χ3n) is 8.51. The number of methoxy groups -OCH3 is 2. The van der Waals surface area contributed by atoms with Crippen LogP contribution in [0, 0.1) is 17.3 Å². The fraction of sp³-hybridized carbons (Fsp3) is 0.536. The van der Waals surface area contributed by atoms with Crippen LogP contribution in [0.2, 0.25) is 0 Å². The largest absolute Gasteiger partial charge is 0.493 e. The van der Waals surface area contributed by atoms with Crippen LogP contribution in [0.3, 0.4) is 0 Å². The van der Waals surface area contributed by atoms with Crippen molar-refractivity contribution < 1.29 is 23.8 Å². The van der Waals surface area contributed by atoms with Gasteiger partial charge in [0.2, 0.25) is 0 Å². The molecule has 0 saturated heterocycles. The van der Waals surface area contributed by atoms with Gasteiger partial charge in [-0.1, -0.05) is 12.1 Å². The number of amides is 1. The average molecular weight is 543 g/mol. The molecular weight excluding hydrogens is 512 g/mol. The molecule has 4 aliphatic carbocycles. The van der Waals surface area contributed by atoms with Crippen molar-refractivity contribution in [2.75, 3.05) is 20.8 Å². The molecule has 0 N–H and O–H groups in total. The van der Waals surface area contributed by atoms with Crippen molar-refractivity contribution in [1.29, 1.82) is 0 Å². The Morgan fingerprint density at radius 1 is 1.11 bits per heavy atom. The molecular formula is C28H31ClN2O5S. The van der Waals surface area contributed by atoms with Crippen LogP contribution in [0.5, 0.6) is 11.5 Å². The lowest BCUT2D eigenvalue weighted by molar-refractivity contribution is -0.173. The maximum atomic E-state index is 13.5. The molecule has 7 rings (SSSR count). The van der Waals surface area contributed by atoms with Gasteiger partial charge in [0.15, 0.2) is 18.1 Å². The Morgan fingerprint density at radius 2 is 1.86 bits per heavy atom. The van der Waals surface area contributed by atoms with Gasteiger partial charge in [0.25, 0.3) is 5.91 Å². The molecule has 3 atom stereocenters. The molecule has 2 heterocycles. The van der Waals surface area contributed by atoms with E-state index in [-0.39, 0.29) is 29.4 Å². The molecule has 1 aromatic carbocycles. The van der Waals surface area contributed by atoms with Crippen LogP contribution in [-0.2, 0) is 14.3 Å². The molecule has 0 radical (unpaired) electrons. The van der Waals surface area contributed by atoms with Crippen molar-refractivity contribution in [3.63, 3.8) is 0 Å². The van der Waals surface area contributed by atoms with Crippen molar-refractivity contribution in [2.45, 2.75) is 55.9 Å². The molecule has 3 unspecified atom stereocenters. The average Bonchev–Trinajstić information content (AvgIpc) is 3.55. The molecule has 2 aromatic rings. The Balaban J connectivity index is 1.21. The first-order valence-electron chi connectivity index (χ1n) is 12.8. The zero-order valence-corrected chi connectivity index (χ0v) is 22.6. The van der Waals surface area contributed by atoms with E-state index in [1.54, 1.807) is 25.6 Å². The second-order valence-corrected chi connectivity index (χ2v) is 12.8. The maximum absolute atomic E-state index is 13.5. The molecule has 1 aliphatic heterocycles. The number of esters is 1. The molecule has 1 amide bonds. The summed E-state index contributed by atoms with van der Waals surface area (Å²) in [5.74, 6) is 1.54. The van der Waals surface area contributed by atoms with E-state index in [1.807, 2.05) is 35.7 Å². The van der Waals surface area contributed by atoms with Crippen LogP contribution < -0.4 is 9.47 Å². The third kappa shape index (κ3) is 4.42. The molecule has 7 nitrogen and oxygen atoms in total. The Labute approximate surface area is 225 Å². The summed E-state index contributed by atoms with van der Waals surface area (Å²) in [7, 11) is 3.17. The summed E-state index contributed by atoms with van der Waals surface area (Å²) in [6.07, 6.45) is 5.98. The van der Waals surface area contributed by atoms with E-state index < -0.39 is 5.41 Å². The Bertz CT molecular complexity index is 1230. The predicted octanol–water partition coefficient (Wildman–Crippen LogP) is 5.56. The highest BCUT2D eigenvalue weighted by Gasteiger charge is 2.61. The number of rotatable bonds is 7. The van der Waals surface area contributed by atoms with Gasteiger partial charge in [-0.25, -0.2) is 5.01 Å². The molecule has 37 heavy (non-hydrogen) atoms. The third-order valence-corrected chi connectivity index (χ3v) is 9.87. The van der Waals surface area contributed by atoms with Crippen molar-refractivity contribution in [2.24, 2.45) is 22.4 Å². The Kier molecular flexibility index (Phi) is 6.23. The number of thiophene rings is 1. The van der Waals surface area contributed by atoms with Crippen LogP contribution in [0.15, 0.2) is 40.8 Å². The molecule has 0 spiro atoms. The minimum absolute atomic E-state index is 0.274. The fourth-order valence-electron chi connectivity index (χ4n) is 7.39. The molecule has 5 aliphatic rings. The van der Waals surface area contributed by atoms with Crippen LogP contribution in [-0.4, -0.2) is 48.3 Å². The minimum atomic E-state index is -0.550. The second-order valence-electron chi connectivity index (χ2n) is 11.1. The summed E-state index contributed by atoms with van der Waals surface area (Å²) in [5, 5.41) is 8.15. The number of hydrogen-bond acceptors (Lipinski definition) is 7. The van der Waals surface area contributed by atoms with E-state index in [0.29, 0.717) is 36.2 Å². The van der Waals surface area contributed by atoms with E-state index in [4.69, 9.17) is 30.9 Å². The van der Waals surface area contributed by atoms with E-state index >= 15 is 0 Å². The summed E-state index contributed by atoms with van der Waals surface area (Å²) < 4.78 is 16.6. The standard InChI is InChI=1S/C28H31ClN2O5S/c1-34-22-6-5-19(9-23(22)35-2)21-10-20(24-4-3-7-37-24)30-31(21)25(32)15-36-26(33)27-11-17-8-18(12-27)14-28(29,13-17)16-27/h3-7,9,17-18,21H,8,10-16H2,1-2H3. The zero-order chi connectivity index (χ0) is 25.8. The summed E-state index contributed by atoms with van der Waals surface area (Å²) in [6, 6.07) is 9.25. The van der Waals surface area contributed by atoms with Gasteiger partial charge in [0.1, 0.15) is 0 Å². The number of alkyl halides is 1. The quantitative estimate of drug-likeness (QED) is 0.338. The highest BCUT2D eigenvalue weighted by Crippen LogP contribution is 2.64. The highest BCUT2D eigenvalue weighted by atomic mass is 35.5. The van der Waals surface area contributed by atoms with E-state index in [2.05, 4.69) is 0 Å². The van der Waals surface area contributed by atoms with E-state index in [1.165, 1.54) is 5.01 Å². The van der Waals surface area contributed by atoms with Crippen molar-refractivity contribution in [3.05, 3.63) is 46.2 Å². The predicted molar refractivity (Wildman–Crippen MR) is 141 cm³/mol. The SMILES string of the molecule is COc1ccc(C2CC(c3cccs3)=NN2C(=O)COC(=O)C23CC4CC(CC(Cl)(C4)C2)C3)cc1OC. The Morgan fingerprint density at radius 3 is 2.51 bits per heavy atom. The minimum Gasteiger partial charge on any atom is -0.493 e. The monoisotopic (exact) mass is 542 g/mol. The molecule has 1 aromatic heterocycles. The first kappa shape index (κ1) is 24.7. The van der Waals surface area contributed by atoms with Crippen LogP contribution in [0.1, 0.15) is 61.4 Å². The van der Waals surface area contributed by atoms with Crippen molar-refractivity contribution in [3.8, 4) is 11.5 Å². The van der Waals surface area contributed by atoms with E-state index in [0.717, 1.165) is 48.3 Å². The van der Waals surface area contributed by atoms with Crippen molar-refractivity contribution in [1.82, 2.24) is 5.01 Å². The van der Waals surface area contributed by atoms with E-state index in [9.17, 15) is 9.59 Å². The smallest absolute Gasteiger partial charge is 0.312 e. The van der Waals surface area contributed by atoms with Gasteiger partial charge < -0.3 is 14.2 Å². The number of nitrogens with zero attached hydrogens (tertiary/aromatic N) is 2. The molecule has 4 fully saturated rings. The van der Waals surface area contributed by atoms with Crippen molar-refractivity contribution >= 4 is 40.5 Å². The molecule has 4 bridgehead atoms. The Hall–Kier alpha value is -2.58. The van der Waals surface area contributed by atoms with Gasteiger partial charge in [-0.15, -0.1) is 22.9 Å². The first-order valence-corrected chi connectivity index (χ1v) is 14.1. The number of benzene rings is 1. The zero-order valence-electron chi connectivity index (χ0n) is 21.1. The fourth-order valence-corrected chi connectivity index (χ4v) is 8.80. The lowest BCUT2D eigenvalue weighted by atomic mass is 9.49. The lowest BCUT2D eigenvalue weighted by Gasteiger charge is -2.58. The van der Waals surface area contributed by atoms with Gasteiger partial charge >= 0.3 is 5.97 Å². The van der Waals surface area contributed by atoms with Gasteiger partial charge in [-0.3, -0.25) is 9.59 Å². The number of carbonyl (C=O) groups excluding carboxylic acids is 2. The number of halogens is 1. The van der Waals surface area contributed by atoms with Gasteiger partial charge in [0, 0.05) is 11.3 Å². The number of carbonyl (C=O) groups is 2. The first-order chi connectivity index (χ1) is 17.8. The topological polar surface area (TPSA) is 77.4 Å². The molecule has 196 valence electrons. The molecule has 4 saturated carbocycles. The maximum Gasteiger partial charge on any atom is 0.312 e. The van der Waals surface area contributed by atoms with Gasteiger partial charge in [-0.2, -0.15) is 5.10 Å². The van der Waals surface area contributed by atoms with Gasteiger partial charge in [-0.05, 0) is 79.5 Å². The number of hydrogen-bond donors (Lipinski definition) is 0. The highest BCUT2D eigenvalue weighted by molar-refractivity contribution is 7.12. The normalized spacial score (nSPS) is 31.8. The van der Waals surface area contributed by atoms with Crippen LogP contribution in [0.25, 0.3) is 0 Å². The lowest BCUT2D eigenvalue weighted by Crippen LogP contribution is -2.56. The molecule has 9 heteroatoms. The second kappa shape index (κ2) is 9.31. The summed E-state index contributed by atoms with van der Waals surface area (Å²) >= 11 is 8.49. The number of hydrazone groups is 1. The van der Waals surface area contributed by atoms with Crippen LogP contribution in [0.4, 0.5) is 0 Å². The summed E-state index contributed by atoms with van der Waals surface area (Å²) in [6.45, 7) is -0.337. The number of ether oxygens (including phenoxy) is 3. The summed E-state index contributed by atoms with van der Waals surface area (Å²) in [5.41, 5.74) is 1.16. The summed E-state index contributed by atoms with van der Waals surface area (Å²) in [4.78, 5) is 27.6.